The van der Waals surface area contributed by atoms with Crippen LogP contribution in [0.5, 0.6) is 0 Å². The molecule has 154 valence electrons. The molecular weight excluding hydrogens is 382 g/mol. The standard InChI is InChI=1S/C20H28ClN3O4/c1-14(2)19(24-10-6-7-11-24)20(27)28-13-18(26)23(3)12-17(25)22-16-9-5-4-8-15(16)21/h4-5,8-9,14,19H,6-7,10-13H2,1-3H3,(H,22,25). The van der Waals surface area contributed by atoms with Gasteiger partial charge in [0.2, 0.25) is 5.91 Å². The van der Waals surface area contributed by atoms with Gasteiger partial charge in [0.05, 0.1) is 17.3 Å². The van der Waals surface area contributed by atoms with E-state index in [1.54, 1.807) is 24.3 Å². The first-order chi connectivity index (χ1) is 13.3. The minimum Gasteiger partial charge on any atom is -0.454 e. The lowest BCUT2D eigenvalue weighted by Crippen LogP contribution is -2.45. The zero-order valence-corrected chi connectivity index (χ0v) is 17.4. The van der Waals surface area contributed by atoms with Crippen LogP contribution in [0.3, 0.4) is 0 Å². The highest BCUT2D eigenvalue weighted by atomic mass is 35.5. The molecule has 1 heterocycles. The molecule has 1 aliphatic rings. The van der Waals surface area contributed by atoms with Crippen molar-refractivity contribution in [3.8, 4) is 0 Å². The molecule has 0 aromatic heterocycles. The van der Waals surface area contributed by atoms with Gasteiger partial charge in [0.25, 0.3) is 5.91 Å². The fourth-order valence-corrected chi connectivity index (χ4v) is 3.43. The molecule has 0 aliphatic carbocycles. The van der Waals surface area contributed by atoms with Crippen LogP contribution in [-0.2, 0) is 19.1 Å². The van der Waals surface area contributed by atoms with Crippen LogP contribution >= 0.6 is 11.6 Å². The summed E-state index contributed by atoms with van der Waals surface area (Å²) < 4.78 is 5.26. The Bertz CT molecular complexity index is 704. The van der Waals surface area contributed by atoms with Crippen molar-refractivity contribution in [3.63, 3.8) is 0 Å². The van der Waals surface area contributed by atoms with Gasteiger partial charge >= 0.3 is 5.97 Å². The summed E-state index contributed by atoms with van der Waals surface area (Å²) in [7, 11) is 1.49. The molecule has 0 bridgehead atoms. The van der Waals surface area contributed by atoms with Crippen molar-refractivity contribution in [2.45, 2.75) is 32.7 Å². The molecule has 1 saturated heterocycles. The predicted octanol–water partition coefficient (Wildman–Crippen LogP) is 2.40. The number of esters is 1. The fraction of sp³-hybridized carbons (Fsp3) is 0.550. The van der Waals surface area contributed by atoms with Gasteiger partial charge in [-0.05, 0) is 44.0 Å². The van der Waals surface area contributed by atoms with Crippen molar-refractivity contribution >= 4 is 35.1 Å². The Kier molecular flexibility index (Phi) is 8.26. The van der Waals surface area contributed by atoms with Crippen LogP contribution in [-0.4, -0.2) is 66.9 Å². The SMILES string of the molecule is CC(C)C(C(=O)OCC(=O)N(C)CC(=O)Nc1ccccc1Cl)N1CCCC1. The lowest BCUT2D eigenvalue weighted by molar-refractivity contribution is -0.157. The van der Waals surface area contributed by atoms with Gasteiger partial charge < -0.3 is 15.0 Å². The first-order valence-corrected chi connectivity index (χ1v) is 9.86. The summed E-state index contributed by atoms with van der Waals surface area (Å²) in [5.41, 5.74) is 0.479. The van der Waals surface area contributed by atoms with E-state index in [9.17, 15) is 14.4 Å². The minimum atomic E-state index is -0.438. The fourth-order valence-electron chi connectivity index (χ4n) is 3.25. The zero-order chi connectivity index (χ0) is 20.7. The van der Waals surface area contributed by atoms with E-state index >= 15 is 0 Å². The molecule has 0 radical (unpaired) electrons. The number of benzene rings is 1. The van der Waals surface area contributed by atoms with E-state index < -0.39 is 5.91 Å². The average Bonchev–Trinajstić information content (AvgIpc) is 3.15. The van der Waals surface area contributed by atoms with Crippen LogP contribution < -0.4 is 5.32 Å². The number of carbonyl (C=O) groups is 3. The normalized spacial score (nSPS) is 15.3. The van der Waals surface area contributed by atoms with E-state index in [0.717, 1.165) is 25.9 Å². The average molecular weight is 410 g/mol. The van der Waals surface area contributed by atoms with Gasteiger partial charge in [0.15, 0.2) is 6.61 Å². The van der Waals surface area contributed by atoms with Gasteiger partial charge in [0, 0.05) is 7.05 Å². The highest BCUT2D eigenvalue weighted by molar-refractivity contribution is 6.33. The molecule has 0 saturated carbocycles. The smallest absolute Gasteiger partial charge is 0.324 e. The number of nitrogens with zero attached hydrogens (tertiary/aromatic N) is 2. The summed E-state index contributed by atoms with van der Waals surface area (Å²) in [4.78, 5) is 40.2. The highest BCUT2D eigenvalue weighted by Gasteiger charge is 2.32. The largest absolute Gasteiger partial charge is 0.454 e. The third-order valence-electron chi connectivity index (χ3n) is 4.70. The molecule has 1 aromatic rings. The van der Waals surface area contributed by atoms with Gasteiger partial charge in [-0.15, -0.1) is 0 Å². The quantitative estimate of drug-likeness (QED) is 0.667. The Balaban J connectivity index is 1.81. The van der Waals surface area contributed by atoms with E-state index in [2.05, 4.69) is 10.2 Å². The number of anilines is 1. The third kappa shape index (κ3) is 6.21. The van der Waals surface area contributed by atoms with E-state index in [1.807, 2.05) is 13.8 Å². The van der Waals surface area contributed by atoms with Crippen molar-refractivity contribution in [3.05, 3.63) is 29.3 Å². The van der Waals surface area contributed by atoms with Gasteiger partial charge in [-0.25, -0.2) is 0 Å². The Morgan fingerprint density at radius 3 is 2.46 bits per heavy atom. The van der Waals surface area contributed by atoms with E-state index in [-0.39, 0.29) is 37.0 Å². The van der Waals surface area contributed by atoms with Gasteiger partial charge in [-0.3, -0.25) is 19.3 Å². The molecule has 1 unspecified atom stereocenters. The van der Waals surface area contributed by atoms with Crippen LogP contribution in [0, 0.1) is 5.92 Å². The number of carbonyl (C=O) groups excluding carboxylic acids is 3. The molecule has 8 heteroatoms. The van der Waals surface area contributed by atoms with Gasteiger partial charge in [0.1, 0.15) is 6.04 Å². The maximum Gasteiger partial charge on any atom is 0.324 e. The van der Waals surface area contributed by atoms with Crippen molar-refractivity contribution in [2.24, 2.45) is 5.92 Å². The van der Waals surface area contributed by atoms with Crippen LogP contribution in [0.2, 0.25) is 5.02 Å². The molecule has 28 heavy (non-hydrogen) atoms. The topological polar surface area (TPSA) is 79.0 Å². The number of ether oxygens (including phenoxy) is 1. The number of nitrogens with one attached hydrogen (secondary N) is 1. The van der Waals surface area contributed by atoms with Crippen LogP contribution in [0.25, 0.3) is 0 Å². The number of likely N-dealkylation sites (N-methyl/N-ethyl adjacent to an activating group) is 1. The summed E-state index contributed by atoms with van der Waals surface area (Å²) in [5, 5.41) is 3.07. The monoisotopic (exact) mass is 409 g/mol. The zero-order valence-electron chi connectivity index (χ0n) is 16.6. The summed E-state index contributed by atoms with van der Waals surface area (Å²) in [6.45, 7) is 5.13. The molecule has 1 atom stereocenters. The number of hydrogen-bond donors (Lipinski definition) is 1. The second-order valence-electron chi connectivity index (χ2n) is 7.32. The van der Waals surface area contributed by atoms with Crippen molar-refractivity contribution in [1.29, 1.82) is 0 Å². The molecule has 1 fully saturated rings. The summed E-state index contributed by atoms with van der Waals surface area (Å²) in [5.74, 6) is -1.11. The number of amides is 2. The maximum atomic E-state index is 12.5. The predicted molar refractivity (Wildman–Crippen MR) is 108 cm³/mol. The number of halogens is 1. The third-order valence-corrected chi connectivity index (χ3v) is 5.03. The number of likely N-dealkylation sites (tertiary alicyclic amines) is 1. The number of hydrogen-bond acceptors (Lipinski definition) is 5. The van der Waals surface area contributed by atoms with Crippen molar-refractivity contribution in [1.82, 2.24) is 9.80 Å². The molecule has 1 N–H and O–H groups in total. The summed E-state index contributed by atoms with van der Waals surface area (Å²) in [6.07, 6.45) is 2.14. The van der Waals surface area contributed by atoms with Crippen LogP contribution in [0.4, 0.5) is 5.69 Å². The minimum absolute atomic E-state index is 0.0971. The lowest BCUT2D eigenvalue weighted by atomic mass is 10.0. The maximum absolute atomic E-state index is 12.5. The Morgan fingerprint density at radius 1 is 1.21 bits per heavy atom. The van der Waals surface area contributed by atoms with Gasteiger partial charge in [-0.2, -0.15) is 0 Å². The van der Waals surface area contributed by atoms with Crippen molar-refractivity contribution in [2.75, 3.05) is 38.6 Å². The number of rotatable bonds is 8. The van der Waals surface area contributed by atoms with Crippen LogP contribution in [0.15, 0.2) is 24.3 Å². The molecule has 7 nitrogen and oxygen atoms in total. The molecule has 1 aromatic carbocycles. The second kappa shape index (κ2) is 10.4. The molecule has 2 amide bonds. The summed E-state index contributed by atoms with van der Waals surface area (Å²) in [6, 6.07) is 6.50. The molecular formula is C20H28ClN3O4. The van der Waals surface area contributed by atoms with Crippen molar-refractivity contribution < 1.29 is 19.1 Å². The Hall–Kier alpha value is -2.12. The summed E-state index contributed by atoms with van der Waals surface area (Å²) >= 11 is 6.00. The van der Waals surface area contributed by atoms with E-state index in [4.69, 9.17) is 16.3 Å². The van der Waals surface area contributed by atoms with Gasteiger partial charge in [-0.1, -0.05) is 37.6 Å². The molecule has 0 spiro atoms. The Labute approximate surface area is 171 Å². The van der Waals surface area contributed by atoms with E-state index in [0.29, 0.717) is 10.7 Å². The highest BCUT2D eigenvalue weighted by Crippen LogP contribution is 2.20. The first kappa shape index (κ1) is 22.2. The van der Waals surface area contributed by atoms with E-state index in [1.165, 1.54) is 11.9 Å². The molecule has 2 rings (SSSR count). The second-order valence-corrected chi connectivity index (χ2v) is 7.72. The Morgan fingerprint density at radius 2 is 1.86 bits per heavy atom. The lowest BCUT2D eigenvalue weighted by Gasteiger charge is -2.28. The first-order valence-electron chi connectivity index (χ1n) is 9.48. The number of para-hydroxylation sites is 1. The van der Waals surface area contributed by atoms with Crippen LogP contribution in [0.1, 0.15) is 26.7 Å². The molecule has 1 aliphatic heterocycles.